The zero-order chi connectivity index (χ0) is 21.8. The largest absolute Gasteiger partial charge is 0.292 e. The van der Waals surface area contributed by atoms with Gasteiger partial charge in [0.15, 0.2) is 5.78 Å². The molecule has 1 aliphatic rings. The highest BCUT2D eigenvalue weighted by Crippen LogP contribution is 2.21. The fraction of sp³-hybridized carbons (Fsp3) is 0.200. The summed E-state index contributed by atoms with van der Waals surface area (Å²) in [5, 5.41) is 12.9. The van der Waals surface area contributed by atoms with Crippen molar-refractivity contribution < 1.29 is 24.1 Å². The monoisotopic (exact) mass is 429 g/mol. The van der Waals surface area contributed by atoms with E-state index in [4.69, 9.17) is 11.6 Å². The number of hydrogen-bond acceptors (Lipinski definition) is 6. The SMILES string of the molecule is O=C(CN(C(=O)c1cccc([N+](=O)[O-])c1)N1C(=O)CCCC1=O)c1ccc(Cl)cc1. The summed E-state index contributed by atoms with van der Waals surface area (Å²) in [6.07, 6.45) is 0.428. The molecular formula is C20H16ClN3O6. The van der Waals surface area contributed by atoms with Crippen LogP contribution in [0.3, 0.4) is 0 Å². The quantitative estimate of drug-likeness (QED) is 0.301. The molecule has 1 heterocycles. The van der Waals surface area contributed by atoms with Crippen LogP contribution >= 0.6 is 11.6 Å². The topological polar surface area (TPSA) is 118 Å². The highest BCUT2D eigenvalue weighted by atomic mass is 35.5. The highest BCUT2D eigenvalue weighted by Gasteiger charge is 2.36. The Morgan fingerprint density at radius 2 is 1.67 bits per heavy atom. The molecule has 1 fully saturated rings. The number of ketones is 1. The molecule has 3 amide bonds. The van der Waals surface area contributed by atoms with Gasteiger partial charge in [0.25, 0.3) is 11.6 Å². The van der Waals surface area contributed by atoms with E-state index < -0.39 is 35.0 Å². The molecule has 0 bridgehead atoms. The number of halogens is 1. The number of rotatable bonds is 6. The van der Waals surface area contributed by atoms with Crippen LogP contribution in [-0.4, -0.2) is 45.0 Å². The lowest BCUT2D eigenvalue weighted by atomic mass is 10.1. The van der Waals surface area contributed by atoms with Gasteiger partial charge in [-0.1, -0.05) is 17.7 Å². The number of carbonyl (C=O) groups excluding carboxylic acids is 4. The fourth-order valence-corrected chi connectivity index (χ4v) is 3.13. The number of piperidine rings is 1. The molecule has 0 radical (unpaired) electrons. The lowest BCUT2D eigenvalue weighted by molar-refractivity contribution is -0.384. The number of nitrogens with zero attached hydrogens (tertiary/aromatic N) is 3. The van der Waals surface area contributed by atoms with Crippen molar-refractivity contribution in [2.75, 3.05) is 6.54 Å². The van der Waals surface area contributed by atoms with E-state index in [0.717, 1.165) is 11.1 Å². The van der Waals surface area contributed by atoms with Gasteiger partial charge >= 0.3 is 0 Å². The van der Waals surface area contributed by atoms with Crippen LogP contribution in [-0.2, 0) is 9.59 Å². The molecule has 3 rings (SSSR count). The number of benzene rings is 2. The Hall–Kier alpha value is -3.59. The minimum atomic E-state index is -0.871. The first-order chi connectivity index (χ1) is 14.3. The second-order valence-corrected chi connectivity index (χ2v) is 6.99. The molecule has 1 aliphatic heterocycles. The lowest BCUT2D eigenvalue weighted by Gasteiger charge is -2.35. The van der Waals surface area contributed by atoms with Gasteiger partial charge in [0.1, 0.15) is 6.54 Å². The van der Waals surface area contributed by atoms with E-state index in [1.165, 1.54) is 42.5 Å². The van der Waals surface area contributed by atoms with Gasteiger partial charge in [-0.2, -0.15) is 5.01 Å². The van der Waals surface area contributed by atoms with Gasteiger partial charge in [0.2, 0.25) is 11.8 Å². The number of nitro benzene ring substituents is 1. The molecule has 2 aromatic carbocycles. The maximum atomic E-state index is 13.1. The third-order valence-electron chi connectivity index (χ3n) is 4.49. The summed E-state index contributed by atoms with van der Waals surface area (Å²) in [6.45, 7) is -0.597. The molecule has 0 aliphatic carbocycles. The maximum Gasteiger partial charge on any atom is 0.273 e. The summed E-state index contributed by atoms with van der Waals surface area (Å²) in [5.41, 5.74) is -0.228. The Kier molecular flexibility index (Phi) is 6.22. The van der Waals surface area contributed by atoms with E-state index in [9.17, 15) is 29.3 Å². The van der Waals surface area contributed by atoms with E-state index in [2.05, 4.69) is 0 Å². The first kappa shape index (κ1) is 21.1. The van der Waals surface area contributed by atoms with Crippen molar-refractivity contribution in [1.29, 1.82) is 0 Å². The molecular weight excluding hydrogens is 414 g/mol. The first-order valence-electron chi connectivity index (χ1n) is 8.98. The zero-order valence-corrected chi connectivity index (χ0v) is 16.4. The molecule has 0 spiro atoms. The van der Waals surface area contributed by atoms with Crippen LogP contribution in [0.25, 0.3) is 0 Å². The molecule has 0 aromatic heterocycles. The third-order valence-corrected chi connectivity index (χ3v) is 4.75. The Bertz CT molecular complexity index is 1020. The third kappa shape index (κ3) is 4.52. The Morgan fingerprint density at radius 1 is 1.03 bits per heavy atom. The smallest absolute Gasteiger partial charge is 0.273 e. The van der Waals surface area contributed by atoms with E-state index in [0.29, 0.717) is 16.5 Å². The van der Waals surface area contributed by atoms with Crippen LogP contribution in [0.1, 0.15) is 40.0 Å². The summed E-state index contributed by atoms with van der Waals surface area (Å²) in [4.78, 5) is 61.0. The fourth-order valence-electron chi connectivity index (χ4n) is 3.01. The predicted molar refractivity (Wildman–Crippen MR) is 106 cm³/mol. The first-order valence-corrected chi connectivity index (χ1v) is 9.36. The van der Waals surface area contributed by atoms with Crippen molar-refractivity contribution >= 4 is 40.8 Å². The van der Waals surface area contributed by atoms with Gasteiger partial charge < -0.3 is 0 Å². The summed E-state index contributed by atoms with van der Waals surface area (Å²) < 4.78 is 0. The van der Waals surface area contributed by atoms with Gasteiger partial charge in [0.05, 0.1) is 4.92 Å². The minimum Gasteiger partial charge on any atom is -0.292 e. The van der Waals surface area contributed by atoms with E-state index in [1.54, 1.807) is 0 Å². The summed E-state index contributed by atoms with van der Waals surface area (Å²) in [5.74, 6) is -2.64. The molecule has 0 atom stereocenters. The zero-order valence-electron chi connectivity index (χ0n) is 15.6. The lowest BCUT2D eigenvalue weighted by Crippen LogP contribution is -2.56. The number of Topliss-reactive ketones (excluding diaryl/α,β-unsaturated/α-hetero) is 1. The molecule has 0 saturated carbocycles. The maximum absolute atomic E-state index is 13.1. The van der Waals surface area contributed by atoms with Crippen molar-refractivity contribution in [3.63, 3.8) is 0 Å². The normalized spacial score (nSPS) is 13.8. The second kappa shape index (κ2) is 8.83. The average Bonchev–Trinajstić information content (AvgIpc) is 2.72. The molecule has 1 saturated heterocycles. The molecule has 0 unspecified atom stereocenters. The summed E-state index contributed by atoms with van der Waals surface area (Å²) >= 11 is 5.82. The van der Waals surface area contributed by atoms with Crippen LogP contribution in [0.2, 0.25) is 5.02 Å². The summed E-state index contributed by atoms with van der Waals surface area (Å²) in [6, 6.07) is 10.8. The van der Waals surface area contributed by atoms with Crippen molar-refractivity contribution in [2.45, 2.75) is 19.3 Å². The second-order valence-electron chi connectivity index (χ2n) is 6.55. The summed E-state index contributed by atoms with van der Waals surface area (Å²) in [7, 11) is 0. The van der Waals surface area contributed by atoms with Crippen molar-refractivity contribution in [3.05, 3.63) is 74.8 Å². The number of carbonyl (C=O) groups is 4. The average molecular weight is 430 g/mol. The number of nitro groups is 1. The number of hydrogen-bond donors (Lipinski definition) is 0. The van der Waals surface area contributed by atoms with E-state index in [1.807, 2.05) is 0 Å². The predicted octanol–water partition coefficient (Wildman–Crippen LogP) is 3.03. The van der Waals surface area contributed by atoms with Gasteiger partial charge in [-0.25, -0.2) is 5.01 Å². The Morgan fingerprint density at radius 3 is 2.27 bits per heavy atom. The Balaban J connectivity index is 1.97. The molecule has 154 valence electrons. The molecule has 30 heavy (non-hydrogen) atoms. The highest BCUT2D eigenvalue weighted by molar-refractivity contribution is 6.30. The van der Waals surface area contributed by atoms with Gasteiger partial charge in [-0.3, -0.25) is 29.3 Å². The van der Waals surface area contributed by atoms with Crippen molar-refractivity contribution in [2.24, 2.45) is 0 Å². The Labute approximate surface area is 175 Å². The molecule has 9 nitrogen and oxygen atoms in total. The number of amides is 3. The number of hydrazine groups is 1. The van der Waals surface area contributed by atoms with E-state index >= 15 is 0 Å². The van der Waals surface area contributed by atoms with Crippen LogP contribution in [0.15, 0.2) is 48.5 Å². The van der Waals surface area contributed by atoms with Crippen LogP contribution in [0.5, 0.6) is 0 Å². The minimum absolute atomic E-state index is 0.0413. The number of imide groups is 1. The van der Waals surface area contributed by atoms with E-state index in [-0.39, 0.29) is 29.7 Å². The molecule has 2 aromatic rings. The van der Waals surface area contributed by atoms with Crippen LogP contribution in [0.4, 0.5) is 5.69 Å². The van der Waals surface area contributed by atoms with Gasteiger partial charge in [-0.05, 0) is 36.8 Å². The van der Waals surface area contributed by atoms with Gasteiger partial charge in [-0.15, -0.1) is 0 Å². The van der Waals surface area contributed by atoms with Gasteiger partial charge in [0, 0.05) is 41.1 Å². The standard InChI is InChI=1S/C20H16ClN3O6/c21-15-9-7-13(8-10-15)17(25)12-22(23-18(26)5-2-6-19(23)27)20(28)14-3-1-4-16(11-14)24(29)30/h1,3-4,7-11H,2,5-6,12H2. The number of non-ortho nitro benzene ring substituents is 1. The molecule has 0 N–H and O–H groups in total. The van der Waals surface area contributed by atoms with Crippen LogP contribution < -0.4 is 0 Å². The van der Waals surface area contributed by atoms with Crippen molar-refractivity contribution in [1.82, 2.24) is 10.0 Å². The molecule has 10 heteroatoms. The van der Waals surface area contributed by atoms with Crippen molar-refractivity contribution in [3.8, 4) is 0 Å². The van der Waals surface area contributed by atoms with Crippen LogP contribution in [0, 0.1) is 10.1 Å².